The van der Waals surface area contributed by atoms with Crippen LogP contribution in [0.1, 0.15) is 31.4 Å². The lowest BCUT2D eigenvalue weighted by Gasteiger charge is -2.26. The highest BCUT2D eigenvalue weighted by Gasteiger charge is 2.38. The maximum absolute atomic E-state index is 11.4. The molecule has 0 amide bonds. The van der Waals surface area contributed by atoms with Crippen molar-refractivity contribution in [1.82, 2.24) is 9.88 Å². The smallest absolute Gasteiger partial charge is 0.478 e. The molecule has 11 heteroatoms. The lowest BCUT2D eigenvalue weighted by molar-refractivity contribution is -0.192. The van der Waals surface area contributed by atoms with E-state index in [0.29, 0.717) is 5.56 Å². The summed E-state index contributed by atoms with van der Waals surface area (Å²) < 4.78 is 31.7. The van der Waals surface area contributed by atoms with Crippen molar-refractivity contribution < 1.29 is 33.0 Å². The number of carbonyl (C=O) groups is 2. The van der Waals surface area contributed by atoms with Gasteiger partial charge in [0.1, 0.15) is 0 Å². The Morgan fingerprint density at radius 3 is 2.52 bits per heavy atom. The number of halogens is 3. The summed E-state index contributed by atoms with van der Waals surface area (Å²) in [5.74, 6) is -3.60. The first-order valence-electron chi connectivity index (χ1n) is 9.92. The van der Waals surface area contributed by atoms with Gasteiger partial charge in [-0.05, 0) is 43.0 Å². The van der Waals surface area contributed by atoms with Gasteiger partial charge in [-0.2, -0.15) is 13.2 Å². The number of alkyl halides is 3. The topological polar surface area (TPSA) is 90.7 Å². The number of aliphatic carboxylic acids is 1. The lowest BCUT2D eigenvalue weighted by atomic mass is 10.0. The summed E-state index contributed by atoms with van der Waals surface area (Å²) in [6, 6.07) is 9.59. The van der Waals surface area contributed by atoms with Gasteiger partial charge in [-0.25, -0.2) is 14.6 Å². The molecule has 0 fully saturated rings. The third kappa shape index (κ3) is 6.62. The van der Waals surface area contributed by atoms with Gasteiger partial charge in [-0.3, -0.25) is 4.90 Å². The summed E-state index contributed by atoms with van der Waals surface area (Å²) in [6.07, 6.45) is -3.26. The highest BCUT2D eigenvalue weighted by molar-refractivity contribution is 7.16. The molecule has 2 aromatic heterocycles. The first kappa shape index (κ1) is 24.9. The fraction of sp³-hybridized carbons (Fsp3) is 0.318. The number of benzene rings is 1. The Morgan fingerprint density at radius 2 is 1.91 bits per heavy atom. The predicted molar refractivity (Wildman–Crippen MR) is 120 cm³/mol. The molecule has 176 valence electrons. The van der Waals surface area contributed by atoms with Gasteiger partial charge in [0.15, 0.2) is 0 Å². The zero-order chi connectivity index (χ0) is 24.2. The molecule has 1 aliphatic heterocycles. The van der Waals surface area contributed by atoms with Gasteiger partial charge in [0.05, 0.1) is 21.1 Å². The van der Waals surface area contributed by atoms with E-state index in [1.165, 1.54) is 15.3 Å². The van der Waals surface area contributed by atoms with E-state index in [1.807, 2.05) is 30.4 Å². The molecule has 0 spiro atoms. The molecule has 0 aliphatic carbocycles. The SMILES string of the molecule is Cc1nc(-c2cc3c(s2)CCN(CCc2ccccc2C(=O)O)C3)cs1.O=C(O)C(F)(F)F. The second-order valence-electron chi connectivity index (χ2n) is 7.35. The molecule has 3 heterocycles. The van der Waals surface area contributed by atoms with Crippen LogP contribution in [0, 0.1) is 6.92 Å². The molecule has 1 aliphatic rings. The number of rotatable bonds is 5. The van der Waals surface area contributed by atoms with Crippen LogP contribution in [-0.2, 0) is 24.2 Å². The number of aryl methyl sites for hydroxylation is 1. The molecule has 1 aromatic carbocycles. The first-order valence-corrected chi connectivity index (χ1v) is 11.6. The molecule has 6 nitrogen and oxygen atoms in total. The van der Waals surface area contributed by atoms with Crippen molar-refractivity contribution in [3.8, 4) is 10.6 Å². The number of carboxylic acid groups (broad SMARTS) is 2. The fourth-order valence-electron chi connectivity index (χ4n) is 3.41. The average molecular weight is 499 g/mol. The lowest BCUT2D eigenvalue weighted by Crippen LogP contribution is -2.31. The highest BCUT2D eigenvalue weighted by Crippen LogP contribution is 2.35. The summed E-state index contributed by atoms with van der Waals surface area (Å²) >= 11 is 3.56. The average Bonchev–Trinajstić information content (AvgIpc) is 3.37. The molecule has 33 heavy (non-hydrogen) atoms. The second-order valence-corrected chi connectivity index (χ2v) is 9.55. The van der Waals surface area contributed by atoms with Crippen LogP contribution in [0.2, 0.25) is 0 Å². The van der Waals surface area contributed by atoms with Crippen LogP contribution >= 0.6 is 22.7 Å². The molecule has 0 radical (unpaired) electrons. The van der Waals surface area contributed by atoms with E-state index >= 15 is 0 Å². The van der Waals surface area contributed by atoms with Crippen LogP contribution in [0.5, 0.6) is 0 Å². The maximum atomic E-state index is 11.4. The molecule has 0 bridgehead atoms. The van der Waals surface area contributed by atoms with E-state index in [4.69, 9.17) is 9.90 Å². The van der Waals surface area contributed by atoms with Crippen molar-refractivity contribution in [2.24, 2.45) is 0 Å². The number of carboxylic acids is 2. The number of hydrogen-bond acceptors (Lipinski definition) is 6. The normalized spacial score (nSPS) is 13.7. The Labute approximate surface area is 195 Å². The largest absolute Gasteiger partial charge is 0.490 e. The van der Waals surface area contributed by atoms with Crippen LogP contribution in [0.4, 0.5) is 13.2 Å². The second kappa shape index (κ2) is 10.4. The van der Waals surface area contributed by atoms with Crippen LogP contribution in [-0.4, -0.2) is 51.3 Å². The Kier molecular flexibility index (Phi) is 7.88. The van der Waals surface area contributed by atoms with Crippen LogP contribution in [0.25, 0.3) is 10.6 Å². The van der Waals surface area contributed by atoms with E-state index in [0.717, 1.165) is 48.7 Å². The van der Waals surface area contributed by atoms with Crippen LogP contribution in [0.15, 0.2) is 35.7 Å². The van der Waals surface area contributed by atoms with E-state index in [2.05, 4.69) is 21.3 Å². The van der Waals surface area contributed by atoms with Gasteiger partial charge in [0, 0.05) is 29.9 Å². The Morgan fingerprint density at radius 1 is 1.21 bits per heavy atom. The molecule has 3 aromatic rings. The van der Waals surface area contributed by atoms with Gasteiger partial charge >= 0.3 is 18.1 Å². The van der Waals surface area contributed by atoms with E-state index in [-0.39, 0.29) is 0 Å². The van der Waals surface area contributed by atoms with Gasteiger partial charge in [-0.1, -0.05) is 18.2 Å². The third-order valence-corrected chi connectivity index (χ3v) is 7.04. The Hall–Kier alpha value is -2.76. The molecule has 0 atom stereocenters. The van der Waals surface area contributed by atoms with Crippen LogP contribution < -0.4 is 0 Å². The number of aromatic carboxylic acids is 1. The summed E-state index contributed by atoms with van der Waals surface area (Å²) in [7, 11) is 0. The summed E-state index contributed by atoms with van der Waals surface area (Å²) in [5.41, 5.74) is 3.82. The Balaban J connectivity index is 0.000000383. The molecule has 0 unspecified atom stereocenters. The summed E-state index contributed by atoms with van der Waals surface area (Å²) in [4.78, 5) is 30.0. The number of nitrogens with zero attached hydrogens (tertiary/aromatic N) is 2. The van der Waals surface area contributed by atoms with Gasteiger partial charge in [-0.15, -0.1) is 22.7 Å². The van der Waals surface area contributed by atoms with Crippen molar-refractivity contribution >= 4 is 34.6 Å². The molecular weight excluding hydrogens is 477 g/mol. The monoisotopic (exact) mass is 498 g/mol. The zero-order valence-corrected chi connectivity index (χ0v) is 19.2. The minimum atomic E-state index is -5.08. The van der Waals surface area contributed by atoms with E-state index in [1.54, 1.807) is 23.5 Å². The number of thiazole rings is 1. The highest BCUT2D eigenvalue weighted by atomic mass is 32.1. The minimum Gasteiger partial charge on any atom is -0.478 e. The summed E-state index contributed by atoms with van der Waals surface area (Å²) in [6.45, 7) is 4.88. The Bertz CT molecular complexity index is 1140. The van der Waals surface area contributed by atoms with E-state index < -0.39 is 18.1 Å². The van der Waals surface area contributed by atoms with Crippen LogP contribution in [0.3, 0.4) is 0 Å². The molecular formula is C22H21F3N2O4S2. The van der Waals surface area contributed by atoms with Crippen molar-refractivity contribution in [2.45, 2.75) is 32.5 Å². The quantitative estimate of drug-likeness (QED) is 0.508. The van der Waals surface area contributed by atoms with Gasteiger partial charge in [0.25, 0.3) is 0 Å². The molecule has 0 saturated carbocycles. The van der Waals surface area contributed by atoms with Gasteiger partial charge in [0.2, 0.25) is 0 Å². The third-order valence-electron chi connectivity index (χ3n) is 5.00. The summed E-state index contributed by atoms with van der Waals surface area (Å²) in [5, 5.41) is 19.7. The van der Waals surface area contributed by atoms with Gasteiger partial charge < -0.3 is 10.2 Å². The zero-order valence-electron chi connectivity index (χ0n) is 17.6. The predicted octanol–water partition coefficient (Wildman–Crippen LogP) is 5.11. The number of thiophene rings is 1. The van der Waals surface area contributed by atoms with Crippen molar-refractivity contribution in [1.29, 1.82) is 0 Å². The van der Waals surface area contributed by atoms with Crippen molar-refractivity contribution in [3.05, 3.63) is 62.3 Å². The maximum Gasteiger partial charge on any atom is 0.490 e. The molecule has 0 saturated heterocycles. The fourth-order valence-corrected chi connectivity index (χ4v) is 5.22. The number of aromatic nitrogens is 1. The van der Waals surface area contributed by atoms with Crippen molar-refractivity contribution in [2.75, 3.05) is 13.1 Å². The molecule has 2 N–H and O–H groups in total. The molecule has 4 rings (SSSR count). The number of hydrogen-bond donors (Lipinski definition) is 2. The standard InChI is InChI=1S/C20H20N2O2S2.C2HF3O2/c1-13-21-17(12-25-13)19-10-15-11-22(9-7-18(15)26-19)8-6-14-4-2-3-5-16(14)20(23)24;3-2(4,5)1(6)7/h2-5,10,12H,6-9,11H2,1H3,(H,23,24);(H,6,7). The minimum absolute atomic E-state index is 0.418. The van der Waals surface area contributed by atoms with Crippen molar-refractivity contribution in [3.63, 3.8) is 0 Å². The van der Waals surface area contributed by atoms with E-state index in [9.17, 15) is 23.1 Å². The first-order chi connectivity index (χ1) is 15.5. The number of fused-ring (bicyclic) bond motifs is 1.